The molecule has 0 aromatic heterocycles. The molecule has 3 aromatic rings. The maximum absolute atomic E-state index is 13.6. The van der Waals surface area contributed by atoms with Crippen molar-refractivity contribution in [3.63, 3.8) is 0 Å². The molecule has 1 heterocycles. The second-order valence-electron chi connectivity index (χ2n) is 9.37. The predicted molar refractivity (Wildman–Crippen MR) is 153 cm³/mol. The first kappa shape index (κ1) is 29.0. The Morgan fingerprint density at radius 2 is 1.65 bits per heavy atom. The van der Waals surface area contributed by atoms with Crippen molar-refractivity contribution in [3.05, 3.63) is 92.5 Å². The van der Waals surface area contributed by atoms with Crippen LogP contribution in [0.5, 0.6) is 11.5 Å². The molecule has 8 nitrogen and oxygen atoms in total. The first-order chi connectivity index (χ1) is 19.0. The molecule has 0 bridgehead atoms. The Morgan fingerprint density at radius 3 is 2.27 bits per heavy atom. The van der Waals surface area contributed by atoms with Crippen LogP contribution in [0.1, 0.15) is 46.9 Å². The minimum Gasteiger partial charge on any atom is -0.507 e. The number of aliphatic hydroxyl groups is 1. The van der Waals surface area contributed by atoms with Crippen LogP contribution in [0.2, 0.25) is 10.0 Å². The molecule has 1 amide bonds. The van der Waals surface area contributed by atoms with Gasteiger partial charge >= 0.3 is 5.97 Å². The molecule has 0 saturated carbocycles. The lowest BCUT2D eigenvalue weighted by molar-refractivity contribution is -0.132. The highest BCUT2D eigenvalue weighted by Gasteiger charge is 2.47. The number of carbonyl (C=O) groups excluding carboxylic acids is 3. The van der Waals surface area contributed by atoms with Gasteiger partial charge in [-0.3, -0.25) is 14.5 Å². The van der Waals surface area contributed by atoms with Crippen LogP contribution in [0.25, 0.3) is 5.76 Å². The van der Waals surface area contributed by atoms with Crippen molar-refractivity contribution >= 4 is 52.3 Å². The van der Waals surface area contributed by atoms with E-state index in [0.717, 1.165) is 5.56 Å². The normalized spacial score (nSPS) is 16.4. The number of aryl methyl sites for hydroxylation is 1. The number of nitrogens with zero attached hydrogens (tertiary/aromatic N) is 1. The van der Waals surface area contributed by atoms with Gasteiger partial charge in [-0.2, -0.15) is 0 Å². The molecule has 0 aliphatic carbocycles. The van der Waals surface area contributed by atoms with Crippen molar-refractivity contribution in [2.45, 2.75) is 32.9 Å². The number of ketones is 1. The molecular formula is C30H27Cl2NO7. The van der Waals surface area contributed by atoms with Crippen LogP contribution in [0.15, 0.2) is 60.2 Å². The van der Waals surface area contributed by atoms with E-state index < -0.39 is 29.5 Å². The zero-order valence-electron chi connectivity index (χ0n) is 22.5. The Bertz CT molecular complexity index is 1550. The molecule has 10 heteroatoms. The Hall–Kier alpha value is -4.01. The summed E-state index contributed by atoms with van der Waals surface area (Å²) >= 11 is 12.8. The summed E-state index contributed by atoms with van der Waals surface area (Å²) in [7, 11) is 2.71. The van der Waals surface area contributed by atoms with Crippen molar-refractivity contribution in [1.29, 1.82) is 0 Å². The van der Waals surface area contributed by atoms with Gasteiger partial charge in [0.2, 0.25) is 0 Å². The standard InChI is InChI=1S/C30H27Cl2NO7/c1-15(2)40-30(37)18-10-7-11-19(13-18)33-24(17-9-6-8-16(3)12-17)22(26(35)29(33)36)25(34)20-14-21(31)28(39-5)23(32)27(20)38-4/h6-15,24,34H,1-5H3/b25-22+. The molecule has 1 aliphatic rings. The summed E-state index contributed by atoms with van der Waals surface area (Å²) in [5, 5.41) is 11.7. The molecule has 208 valence electrons. The number of benzene rings is 3. The summed E-state index contributed by atoms with van der Waals surface area (Å²) in [4.78, 5) is 41.0. The average molecular weight is 584 g/mol. The molecule has 1 fully saturated rings. The largest absolute Gasteiger partial charge is 0.507 e. The topological polar surface area (TPSA) is 102 Å². The summed E-state index contributed by atoms with van der Waals surface area (Å²) in [5.74, 6) is -2.82. The van der Waals surface area contributed by atoms with Crippen LogP contribution in [-0.4, -0.2) is 43.1 Å². The van der Waals surface area contributed by atoms with Gasteiger partial charge in [-0.1, -0.05) is 59.1 Å². The lowest BCUT2D eigenvalue weighted by Gasteiger charge is -2.26. The average Bonchev–Trinajstić information content (AvgIpc) is 3.18. The zero-order valence-corrected chi connectivity index (χ0v) is 24.0. The van der Waals surface area contributed by atoms with Crippen molar-refractivity contribution in [1.82, 2.24) is 0 Å². The number of anilines is 1. The highest BCUT2D eigenvalue weighted by atomic mass is 35.5. The fourth-order valence-corrected chi connectivity index (χ4v) is 5.30. The molecule has 1 unspecified atom stereocenters. The number of esters is 1. The number of methoxy groups -OCH3 is 2. The SMILES string of the molecule is COc1c(Cl)cc(/C(O)=C2\C(=O)C(=O)N(c3cccc(C(=O)OC(C)C)c3)C2c2cccc(C)c2)c(OC)c1Cl. The summed E-state index contributed by atoms with van der Waals surface area (Å²) < 4.78 is 16.0. The maximum atomic E-state index is 13.6. The summed E-state index contributed by atoms with van der Waals surface area (Å²) in [6.07, 6.45) is -0.351. The van der Waals surface area contributed by atoms with Gasteiger partial charge in [-0.05, 0) is 50.6 Å². The number of hydrogen-bond donors (Lipinski definition) is 1. The van der Waals surface area contributed by atoms with Gasteiger partial charge in [0.05, 0.1) is 48.1 Å². The second-order valence-corrected chi connectivity index (χ2v) is 10.2. The number of halogens is 2. The summed E-state index contributed by atoms with van der Waals surface area (Å²) in [6, 6.07) is 13.7. The fraction of sp³-hybridized carbons (Fsp3) is 0.233. The van der Waals surface area contributed by atoms with Gasteiger partial charge in [-0.25, -0.2) is 4.79 Å². The second kappa shape index (κ2) is 11.6. The number of carbonyl (C=O) groups is 3. The summed E-state index contributed by atoms with van der Waals surface area (Å²) in [5.41, 5.74) is 1.69. The van der Waals surface area contributed by atoms with Crippen molar-refractivity contribution < 1.29 is 33.7 Å². The molecule has 3 aromatic carbocycles. The number of aliphatic hydroxyl groups excluding tert-OH is 1. The zero-order chi connectivity index (χ0) is 29.3. The molecular weight excluding hydrogens is 557 g/mol. The number of hydrogen-bond acceptors (Lipinski definition) is 7. The van der Waals surface area contributed by atoms with E-state index in [4.69, 9.17) is 37.4 Å². The highest BCUT2D eigenvalue weighted by Crippen LogP contribution is 2.48. The Balaban J connectivity index is 1.98. The van der Waals surface area contributed by atoms with E-state index >= 15 is 0 Å². The molecule has 1 saturated heterocycles. The van der Waals surface area contributed by atoms with E-state index in [2.05, 4.69) is 0 Å². The third-order valence-electron chi connectivity index (χ3n) is 6.30. The minimum atomic E-state index is -1.05. The molecule has 1 N–H and O–H groups in total. The van der Waals surface area contributed by atoms with E-state index in [1.54, 1.807) is 50.2 Å². The number of Topliss-reactive ketones (excluding diaryl/α,β-unsaturated/α-hetero) is 1. The first-order valence-electron chi connectivity index (χ1n) is 12.3. The number of amides is 1. The van der Waals surface area contributed by atoms with E-state index in [1.807, 2.05) is 13.0 Å². The van der Waals surface area contributed by atoms with Gasteiger partial charge in [0.15, 0.2) is 11.5 Å². The van der Waals surface area contributed by atoms with Gasteiger partial charge < -0.3 is 19.3 Å². The van der Waals surface area contributed by atoms with E-state index in [-0.39, 0.29) is 50.0 Å². The molecule has 0 radical (unpaired) electrons. The Morgan fingerprint density at radius 1 is 0.975 bits per heavy atom. The van der Waals surface area contributed by atoms with Crippen LogP contribution in [0, 0.1) is 6.92 Å². The van der Waals surface area contributed by atoms with Gasteiger partial charge in [0.1, 0.15) is 10.8 Å². The van der Waals surface area contributed by atoms with Crippen LogP contribution >= 0.6 is 23.2 Å². The Kier molecular flexibility index (Phi) is 8.42. The van der Waals surface area contributed by atoms with Gasteiger partial charge in [0, 0.05) is 5.69 Å². The Labute approximate surface area is 241 Å². The fourth-order valence-electron chi connectivity index (χ4n) is 4.61. The molecule has 0 spiro atoms. The smallest absolute Gasteiger partial charge is 0.338 e. The molecule has 40 heavy (non-hydrogen) atoms. The number of rotatable bonds is 7. The molecule has 1 atom stereocenters. The van der Waals surface area contributed by atoms with Crippen LogP contribution < -0.4 is 14.4 Å². The maximum Gasteiger partial charge on any atom is 0.338 e. The van der Waals surface area contributed by atoms with E-state index in [9.17, 15) is 19.5 Å². The third kappa shape index (κ3) is 5.24. The minimum absolute atomic E-state index is 0.00298. The first-order valence-corrected chi connectivity index (χ1v) is 13.0. The third-order valence-corrected chi connectivity index (χ3v) is 6.92. The van der Waals surface area contributed by atoms with Crippen molar-refractivity contribution in [3.8, 4) is 11.5 Å². The van der Waals surface area contributed by atoms with E-state index in [0.29, 0.717) is 5.56 Å². The van der Waals surface area contributed by atoms with E-state index in [1.165, 1.54) is 31.3 Å². The highest BCUT2D eigenvalue weighted by molar-refractivity contribution is 6.52. The molecule has 1 aliphatic heterocycles. The van der Waals surface area contributed by atoms with Crippen LogP contribution in [0.3, 0.4) is 0 Å². The van der Waals surface area contributed by atoms with Gasteiger partial charge in [-0.15, -0.1) is 0 Å². The summed E-state index contributed by atoms with van der Waals surface area (Å²) in [6.45, 7) is 5.32. The predicted octanol–water partition coefficient (Wildman–Crippen LogP) is 6.51. The number of ether oxygens (including phenoxy) is 3. The van der Waals surface area contributed by atoms with Crippen LogP contribution in [-0.2, 0) is 14.3 Å². The van der Waals surface area contributed by atoms with Crippen molar-refractivity contribution in [2.24, 2.45) is 0 Å². The molecule has 4 rings (SSSR count). The van der Waals surface area contributed by atoms with Crippen molar-refractivity contribution in [2.75, 3.05) is 19.1 Å². The lowest BCUT2D eigenvalue weighted by Crippen LogP contribution is -2.29. The lowest BCUT2D eigenvalue weighted by atomic mass is 9.94. The monoisotopic (exact) mass is 583 g/mol. The van der Waals surface area contributed by atoms with Gasteiger partial charge in [0.25, 0.3) is 11.7 Å². The van der Waals surface area contributed by atoms with Crippen LogP contribution in [0.4, 0.5) is 5.69 Å². The quantitative estimate of drug-likeness (QED) is 0.146.